The summed E-state index contributed by atoms with van der Waals surface area (Å²) in [6.07, 6.45) is 18.8. The zero-order valence-electron chi connectivity index (χ0n) is 16.9. The fourth-order valence-electron chi connectivity index (χ4n) is 4.06. The normalized spacial score (nSPS) is 16.8. The summed E-state index contributed by atoms with van der Waals surface area (Å²) in [6, 6.07) is 2.27. The zero-order chi connectivity index (χ0) is 21.2. The minimum Gasteiger partial charge on any atom is -0.323 e. The minimum absolute atomic E-state index is 0.0129. The predicted molar refractivity (Wildman–Crippen MR) is 119 cm³/mol. The Morgan fingerprint density at radius 3 is 2.77 bits per heavy atom. The van der Waals surface area contributed by atoms with Gasteiger partial charge >= 0.3 is 0 Å². The van der Waals surface area contributed by atoms with Crippen molar-refractivity contribution in [2.45, 2.75) is 44.6 Å². The van der Waals surface area contributed by atoms with Crippen LogP contribution in [0.5, 0.6) is 0 Å². The van der Waals surface area contributed by atoms with Gasteiger partial charge in [-0.25, -0.2) is 9.97 Å². The largest absolute Gasteiger partial charge is 0.323 e. The van der Waals surface area contributed by atoms with Gasteiger partial charge in [0.2, 0.25) is 11.9 Å². The number of hydrogen-bond acceptors (Lipinski definition) is 6. The number of nitrogens with one attached hydrogen (secondary N) is 1. The van der Waals surface area contributed by atoms with Gasteiger partial charge in [0.25, 0.3) is 0 Å². The second-order valence-corrected chi connectivity index (χ2v) is 8.21. The Morgan fingerprint density at radius 1 is 1.10 bits per heavy atom. The van der Waals surface area contributed by atoms with Crippen LogP contribution in [0.1, 0.15) is 44.6 Å². The van der Waals surface area contributed by atoms with E-state index in [1.165, 1.54) is 19.3 Å². The molecule has 0 aromatic carbocycles. The molecule has 3 aromatic heterocycles. The van der Waals surface area contributed by atoms with Crippen LogP contribution in [0.2, 0.25) is 5.02 Å². The van der Waals surface area contributed by atoms with Gasteiger partial charge in [-0.2, -0.15) is 5.10 Å². The molecule has 1 fully saturated rings. The number of carbonyl (C=O) groups is 1. The fraction of sp³-hybridized carbons (Fsp3) is 0.318. The second kappa shape index (κ2) is 8.47. The molecular formula is C22H22ClN7O. The van der Waals surface area contributed by atoms with Crippen LogP contribution in [0.25, 0.3) is 11.3 Å². The first kappa shape index (κ1) is 19.7. The molecule has 0 saturated heterocycles. The highest BCUT2D eigenvalue weighted by molar-refractivity contribution is 6.32. The maximum Gasteiger partial charge on any atom is 0.234 e. The average Bonchev–Trinajstić information content (AvgIpc) is 3.45. The van der Waals surface area contributed by atoms with Gasteiger partial charge in [0, 0.05) is 24.4 Å². The lowest BCUT2D eigenvalue weighted by molar-refractivity contribution is -0.116. The molecule has 2 aliphatic rings. The van der Waals surface area contributed by atoms with Gasteiger partial charge in [-0.1, -0.05) is 36.9 Å². The van der Waals surface area contributed by atoms with Gasteiger partial charge in [0.1, 0.15) is 0 Å². The highest BCUT2D eigenvalue weighted by atomic mass is 35.5. The molecule has 1 saturated carbocycles. The van der Waals surface area contributed by atoms with E-state index >= 15 is 0 Å². The van der Waals surface area contributed by atoms with Crippen molar-refractivity contribution < 1.29 is 4.79 Å². The molecule has 1 amide bonds. The van der Waals surface area contributed by atoms with Crippen LogP contribution in [-0.4, -0.2) is 30.6 Å². The lowest BCUT2D eigenvalue weighted by atomic mass is 9.96. The van der Waals surface area contributed by atoms with E-state index in [2.05, 4.69) is 25.4 Å². The first-order chi connectivity index (χ1) is 15.2. The van der Waals surface area contributed by atoms with Crippen LogP contribution in [0, 0.1) is 0 Å². The molecule has 3 aromatic rings. The van der Waals surface area contributed by atoms with Crippen LogP contribution in [0.15, 0.2) is 49.3 Å². The zero-order valence-corrected chi connectivity index (χ0v) is 17.7. The molecule has 31 heavy (non-hydrogen) atoms. The van der Waals surface area contributed by atoms with Crippen LogP contribution in [-0.2, 0) is 4.79 Å². The van der Waals surface area contributed by atoms with Crippen molar-refractivity contribution in [3.05, 3.63) is 54.3 Å². The summed E-state index contributed by atoms with van der Waals surface area (Å²) < 4.78 is 2.04. The minimum atomic E-state index is 0.0129. The van der Waals surface area contributed by atoms with Crippen molar-refractivity contribution >= 4 is 34.8 Å². The van der Waals surface area contributed by atoms with Gasteiger partial charge in [-0.15, -0.1) is 0 Å². The molecule has 4 heterocycles. The van der Waals surface area contributed by atoms with E-state index in [0.29, 0.717) is 40.5 Å². The van der Waals surface area contributed by atoms with E-state index < -0.39 is 0 Å². The first-order valence-electron chi connectivity index (χ1n) is 10.5. The Kier molecular flexibility index (Phi) is 5.38. The van der Waals surface area contributed by atoms with Crippen molar-refractivity contribution in [3.63, 3.8) is 0 Å². The van der Waals surface area contributed by atoms with E-state index in [4.69, 9.17) is 11.6 Å². The number of halogens is 1. The molecule has 8 nitrogen and oxygen atoms in total. The molecule has 158 valence electrons. The monoisotopic (exact) mass is 435 g/mol. The van der Waals surface area contributed by atoms with Crippen LogP contribution in [0.3, 0.4) is 0 Å². The van der Waals surface area contributed by atoms with E-state index in [9.17, 15) is 4.79 Å². The Hall–Kier alpha value is -3.26. The van der Waals surface area contributed by atoms with Crippen molar-refractivity contribution in [3.8, 4) is 11.3 Å². The molecule has 1 N–H and O–H groups in total. The topological polar surface area (TPSA) is 88.8 Å². The van der Waals surface area contributed by atoms with Crippen LogP contribution in [0.4, 0.5) is 17.3 Å². The third-order valence-corrected chi connectivity index (χ3v) is 5.92. The number of aromatic nitrogens is 5. The van der Waals surface area contributed by atoms with Crippen LogP contribution >= 0.6 is 11.6 Å². The summed E-state index contributed by atoms with van der Waals surface area (Å²) in [7, 11) is 0. The summed E-state index contributed by atoms with van der Waals surface area (Å²) in [5.74, 6) is 0.408. The maximum absolute atomic E-state index is 12.0. The van der Waals surface area contributed by atoms with Crippen molar-refractivity contribution in [1.82, 2.24) is 24.7 Å². The van der Waals surface area contributed by atoms with Gasteiger partial charge < -0.3 is 5.32 Å². The Labute approximate surface area is 185 Å². The smallest absolute Gasteiger partial charge is 0.234 e. The standard InChI is InChI=1S/C22H22ClN7O/c23-19-13-25-22(27-16-9-18(12-24-11-16)29-8-4-7-20(29)31)28-21(19)15-10-26-30(14-15)17-5-2-1-3-6-17/h4,8-14,17H,1-3,5-7H2,(H,25,27,28). The Morgan fingerprint density at radius 2 is 1.97 bits per heavy atom. The molecule has 1 aliphatic heterocycles. The first-order valence-corrected chi connectivity index (χ1v) is 10.8. The number of amides is 1. The highest BCUT2D eigenvalue weighted by Gasteiger charge is 2.19. The fourth-order valence-corrected chi connectivity index (χ4v) is 4.26. The molecule has 0 spiro atoms. The molecule has 1 aliphatic carbocycles. The number of nitrogens with zero attached hydrogens (tertiary/aromatic N) is 6. The molecule has 0 bridgehead atoms. The highest BCUT2D eigenvalue weighted by Crippen LogP contribution is 2.31. The predicted octanol–water partition coefficient (Wildman–Crippen LogP) is 4.89. The maximum atomic E-state index is 12.0. The third-order valence-electron chi connectivity index (χ3n) is 5.64. The average molecular weight is 436 g/mol. The van der Waals surface area contributed by atoms with Crippen LogP contribution < -0.4 is 10.2 Å². The van der Waals surface area contributed by atoms with Gasteiger partial charge in [-0.3, -0.25) is 19.4 Å². The Bertz CT molecular complexity index is 1140. The quantitative estimate of drug-likeness (QED) is 0.613. The lowest BCUT2D eigenvalue weighted by Gasteiger charge is -2.21. The molecular weight excluding hydrogens is 414 g/mol. The summed E-state index contributed by atoms with van der Waals surface area (Å²) >= 11 is 6.40. The molecule has 9 heteroatoms. The van der Waals surface area contributed by atoms with Crippen molar-refractivity contribution in [2.24, 2.45) is 0 Å². The summed E-state index contributed by atoms with van der Waals surface area (Å²) in [6.45, 7) is 0. The number of carbonyl (C=O) groups excluding carboxylic acids is 1. The molecule has 0 unspecified atom stereocenters. The van der Waals surface area contributed by atoms with E-state index in [1.807, 2.05) is 23.0 Å². The van der Waals surface area contributed by atoms with E-state index in [0.717, 1.165) is 18.4 Å². The SMILES string of the molecule is O=C1CC=CN1c1cncc(Nc2ncc(Cl)c(-c3cnn(C4CCCCC4)c3)n2)c1. The third kappa shape index (κ3) is 4.16. The summed E-state index contributed by atoms with van der Waals surface area (Å²) in [5, 5.41) is 8.18. The molecule has 5 rings (SSSR count). The van der Waals surface area contributed by atoms with E-state index in [1.54, 1.807) is 35.9 Å². The van der Waals surface area contributed by atoms with Gasteiger partial charge in [-0.05, 0) is 18.9 Å². The molecule has 0 atom stereocenters. The number of hydrogen-bond donors (Lipinski definition) is 1. The number of anilines is 3. The lowest BCUT2D eigenvalue weighted by Crippen LogP contribution is -2.19. The van der Waals surface area contributed by atoms with Gasteiger partial charge in [0.15, 0.2) is 0 Å². The van der Waals surface area contributed by atoms with E-state index in [-0.39, 0.29) is 5.91 Å². The Balaban J connectivity index is 1.38. The summed E-state index contributed by atoms with van der Waals surface area (Å²) in [5.41, 5.74) is 2.85. The van der Waals surface area contributed by atoms with Gasteiger partial charge in [0.05, 0.1) is 52.9 Å². The number of rotatable bonds is 5. The molecule has 0 radical (unpaired) electrons. The number of pyridine rings is 1. The second-order valence-electron chi connectivity index (χ2n) is 7.80. The van der Waals surface area contributed by atoms with Crippen molar-refractivity contribution in [2.75, 3.05) is 10.2 Å². The van der Waals surface area contributed by atoms with Crippen molar-refractivity contribution in [1.29, 1.82) is 0 Å². The summed E-state index contributed by atoms with van der Waals surface area (Å²) in [4.78, 5) is 26.7.